The SMILES string of the molecule is CN(C)N=C1CCC2(CC1)OCCO2. The Bertz CT molecular complexity index is 220. The van der Waals surface area contributed by atoms with Crippen LogP contribution in [-0.2, 0) is 9.47 Å². The van der Waals surface area contributed by atoms with Crippen molar-refractivity contribution in [1.29, 1.82) is 0 Å². The highest BCUT2D eigenvalue weighted by Gasteiger charge is 2.39. The molecule has 2 fully saturated rings. The maximum Gasteiger partial charge on any atom is 0.169 e. The minimum absolute atomic E-state index is 0.259. The Morgan fingerprint density at radius 2 is 1.71 bits per heavy atom. The lowest BCUT2D eigenvalue weighted by atomic mass is 9.92. The molecule has 0 N–H and O–H groups in total. The molecule has 0 amide bonds. The number of nitrogens with zero attached hydrogens (tertiary/aromatic N) is 2. The summed E-state index contributed by atoms with van der Waals surface area (Å²) >= 11 is 0. The number of hydrazone groups is 1. The molecule has 2 rings (SSSR count). The molecule has 4 heteroatoms. The topological polar surface area (TPSA) is 34.1 Å². The first-order valence-corrected chi connectivity index (χ1v) is 5.22. The average Bonchev–Trinajstić information content (AvgIpc) is 2.58. The van der Waals surface area contributed by atoms with Gasteiger partial charge in [0, 0.05) is 32.6 Å². The van der Waals surface area contributed by atoms with E-state index in [2.05, 4.69) is 5.10 Å². The van der Waals surface area contributed by atoms with Crippen LogP contribution >= 0.6 is 0 Å². The second kappa shape index (κ2) is 3.87. The van der Waals surface area contributed by atoms with Gasteiger partial charge < -0.3 is 14.5 Å². The third-order valence-electron chi connectivity index (χ3n) is 2.74. The fourth-order valence-electron chi connectivity index (χ4n) is 2.09. The molecule has 0 atom stereocenters. The lowest BCUT2D eigenvalue weighted by Crippen LogP contribution is -2.35. The maximum absolute atomic E-state index is 5.64. The van der Waals surface area contributed by atoms with Crippen LogP contribution in [-0.4, -0.2) is 43.8 Å². The molecule has 1 spiro atoms. The van der Waals surface area contributed by atoms with Gasteiger partial charge in [0.1, 0.15) is 0 Å². The Morgan fingerprint density at radius 1 is 1.14 bits per heavy atom. The van der Waals surface area contributed by atoms with Crippen LogP contribution in [0.4, 0.5) is 0 Å². The Labute approximate surface area is 84.9 Å². The van der Waals surface area contributed by atoms with Gasteiger partial charge in [0.15, 0.2) is 5.79 Å². The Kier molecular flexibility index (Phi) is 2.74. The summed E-state index contributed by atoms with van der Waals surface area (Å²) < 4.78 is 11.3. The third kappa shape index (κ3) is 2.07. The summed E-state index contributed by atoms with van der Waals surface area (Å²) in [4.78, 5) is 0. The molecule has 4 nitrogen and oxygen atoms in total. The second-order valence-electron chi connectivity index (χ2n) is 4.12. The van der Waals surface area contributed by atoms with Crippen molar-refractivity contribution in [3.05, 3.63) is 0 Å². The molecule has 1 saturated carbocycles. The van der Waals surface area contributed by atoms with E-state index < -0.39 is 0 Å². The first-order valence-electron chi connectivity index (χ1n) is 5.22. The van der Waals surface area contributed by atoms with E-state index in [-0.39, 0.29) is 5.79 Å². The van der Waals surface area contributed by atoms with Crippen LogP contribution in [0.1, 0.15) is 25.7 Å². The molecule has 80 valence electrons. The van der Waals surface area contributed by atoms with Crippen LogP contribution in [0.15, 0.2) is 5.10 Å². The zero-order valence-corrected chi connectivity index (χ0v) is 8.95. The number of hydrogen-bond donors (Lipinski definition) is 0. The van der Waals surface area contributed by atoms with Crippen molar-refractivity contribution in [3.63, 3.8) is 0 Å². The van der Waals surface area contributed by atoms with Crippen LogP contribution < -0.4 is 0 Å². The van der Waals surface area contributed by atoms with Gasteiger partial charge in [0.25, 0.3) is 0 Å². The van der Waals surface area contributed by atoms with E-state index in [0.717, 1.165) is 38.9 Å². The summed E-state index contributed by atoms with van der Waals surface area (Å²) in [6, 6.07) is 0. The number of hydrogen-bond acceptors (Lipinski definition) is 4. The van der Waals surface area contributed by atoms with E-state index in [1.807, 2.05) is 19.1 Å². The van der Waals surface area contributed by atoms with Gasteiger partial charge in [-0.05, 0) is 12.8 Å². The standard InChI is InChI=1S/C10H18N2O2/c1-12(2)11-9-3-5-10(6-4-9)13-7-8-14-10/h3-8H2,1-2H3. The highest BCUT2D eigenvalue weighted by atomic mass is 16.7. The molecular weight excluding hydrogens is 180 g/mol. The largest absolute Gasteiger partial charge is 0.348 e. The lowest BCUT2D eigenvalue weighted by molar-refractivity contribution is -0.167. The summed E-state index contributed by atoms with van der Waals surface area (Å²) in [5.74, 6) is -0.259. The van der Waals surface area contributed by atoms with E-state index in [4.69, 9.17) is 9.47 Å². The van der Waals surface area contributed by atoms with Crippen LogP contribution in [0.5, 0.6) is 0 Å². The molecule has 0 unspecified atom stereocenters. The second-order valence-corrected chi connectivity index (χ2v) is 4.12. The normalized spacial score (nSPS) is 25.4. The van der Waals surface area contributed by atoms with Gasteiger partial charge in [-0.2, -0.15) is 5.10 Å². The highest BCUT2D eigenvalue weighted by Crippen LogP contribution is 2.34. The summed E-state index contributed by atoms with van der Waals surface area (Å²) in [6.07, 6.45) is 3.91. The predicted octanol–water partition coefficient (Wildman–Crippen LogP) is 1.22. The molecule has 14 heavy (non-hydrogen) atoms. The summed E-state index contributed by atoms with van der Waals surface area (Å²) in [5.41, 5.74) is 1.26. The fourth-order valence-corrected chi connectivity index (χ4v) is 2.09. The molecular formula is C10H18N2O2. The van der Waals surface area contributed by atoms with E-state index >= 15 is 0 Å². The van der Waals surface area contributed by atoms with Gasteiger partial charge in [-0.3, -0.25) is 0 Å². The predicted molar refractivity (Wildman–Crippen MR) is 54.2 cm³/mol. The van der Waals surface area contributed by atoms with Gasteiger partial charge in [0.2, 0.25) is 0 Å². The average molecular weight is 198 g/mol. The van der Waals surface area contributed by atoms with Gasteiger partial charge in [-0.15, -0.1) is 0 Å². The van der Waals surface area contributed by atoms with Gasteiger partial charge in [0.05, 0.1) is 13.2 Å². The van der Waals surface area contributed by atoms with Crippen molar-refractivity contribution >= 4 is 5.71 Å². The number of rotatable bonds is 1. The Hall–Kier alpha value is -0.610. The van der Waals surface area contributed by atoms with Crippen molar-refractivity contribution in [2.75, 3.05) is 27.3 Å². The zero-order valence-electron chi connectivity index (χ0n) is 8.95. The van der Waals surface area contributed by atoms with Crippen molar-refractivity contribution in [1.82, 2.24) is 5.01 Å². The van der Waals surface area contributed by atoms with Crippen molar-refractivity contribution in [2.45, 2.75) is 31.5 Å². The summed E-state index contributed by atoms with van der Waals surface area (Å²) in [5, 5.41) is 6.29. The first kappa shape index (κ1) is 9.93. The smallest absolute Gasteiger partial charge is 0.169 e. The summed E-state index contributed by atoms with van der Waals surface area (Å²) in [6.45, 7) is 1.50. The van der Waals surface area contributed by atoms with Gasteiger partial charge in [-0.25, -0.2) is 0 Å². The molecule has 0 aromatic heterocycles. The zero-order chi connectivity index (χ0) is 10.0. The monoisotopic (exact) mass is 198 g/mol. The Balaban J connectivity index is 1.91. The summed E-state index contributed by atoms with van der Waals surface area (Å²) in [7, 11) is 3.92. The molecule has 0 bridgehead atoms. The highest BCUT2D eigenvalue weighted by molar-refractivity contribution is 5.85. The number of ether oxygens (including phenoxy) is 2. The molecule has 2 aliphatic rings. The van der Waals surface area contributed by atoms with Crippen LogP contribution in [0.2, 0.25) is 0 Å². The van der Waals surface area contributed by atoms with Gasteiger partial charge in [-0.1, -0.05) is 0 Å². The van der Waals surface area contributed by atoms with Crippen LogP contribution in [0, 0.1) is 0 Å². The van der Waals surface area contributed by atoms with Crippen molar-refractivity contribution in [3.8, 4) is 0 Å². The lowest BCUT2D eigenvalue weighted by Gasteiger charge is -2.32. The quantitative estimate of drug-likeness (QED) is 0.594. The molecule has 0 aromatic rings. The molecule has 1 aliphatic carbocycles. The van der Waals surface area contributed by atoms with Crippen LogP contribution in [0.3, 0.4) is 0 Å². The van der Waals surface area contributed by atoms with Gasteiger partial charge >= 0.3 is 0 Å². The third-order valence-corrected chi connectivity index (χ3v) is 2.74. The van der Waals surface area contributed by atoms with E-state index in [9.17, 15) is 0 Å². The maximum atomic E-state index is 5.64. The first-order chi connectivity index (χ1) is 6.70. The fraction of sp³-hybridized carbons (Fsp3) is 0.900. The molecule has 1 saturated heterocycles. The molecule has 1 heterocycles. The minimum atomic E-state index is -0.259. The molecule has 0 radical (unpaired) electrons. The Morgan fingerprint density at radius 3 is 2.21 bits per heavy atom. The van der Waals surface area contributed by atoms with Crippen molar-refractivity contribution in [2.24, 2.45) is 5.10 Å². The van der Waals surface area contributed by atoms with E-state index in [0.29, 0.717) is 0 Å². The van der Waals surface area contributed by atoms with E-state index in [1.165, 1.54) is 5.71 Å². The molecule has 0 aromatic carbocycles. The molecule has 1 aliphatic heterocycles. The van der Waals surface area contributed by atoms with Crippen LogP contribution in [0.25, 0.3) is 0 Å². The van der Waals surface area contributed by atoms with E-state index in [1.54, 1.807) is 0 Å². The minimum Gasteiger partial charge on any atom is -0.348 e. The van der Waals surface area contributed by atoms with Crippen molar-refractivity contribution < 1.29 is 9.47 Å².